The third-order valence-corrected chi connectivity index (χ3v) is 5.82. The molecule has 2 heterocycles. The molecule has 6 nitrogen and oxygen atoms in total. The molecule has 22 heavy (non-hydrogen) atoms. The van der Waals surface area contributed by atoms with Crippen LogP contribution < -0.4 is 0 Å². The Morgan fingerprint density at radius 1 is 1.23 bits per heavy atom. The summed E-state index contributed by atoms with van der Waals surface area (Å²) < 4.78 is 7.47. The van der Waals surface area contributed by atoms with Crippen LogP contribution in [0.5, 0.6) is 0 Å². The van der Waals surface area contributed by atoms with Gasteiger partial charge < -0.3 is 9.53 Å². The molecule has 2 bridgehead atoms. The number of aldehydes is 1. The van der Waals surface area contributed by atoms with Gasteiger partial charge in [-0.25, -0.2) is 4.68 Å². The smallest absolute Gasteiger partial charge is 0.128 e. The molecule has 3 saturated carbocycles. The van der Waals surface area contributed by atoms with Gasteiger partial charge in [0.1, 0.15) is 11.8 Å². The summed E-state index contributed by atoms with van der Waals surface area (Å²) in [6.45, 7) is 3.44. The van der Waals surface area contributed by atoms with Crippen LogP contribution in [0.4, 0.5) is 0 Å². The van der Waals surface area contributed by atoms with E-state index in [0.717, 1.165) is 56.5 Å². The van der Waals surface area contributed by atoms with Gasteiger partial charge in [-0.15, -0.1) is 5.10 Å². The van der Waals surface area contributed by atoms with Crippen LogP contribution in [0.3, 0.4) is 0 Å². The van der Waals surface area contributed by atoms with E-state index in [2.05, 4.69) is 15.2 Å². The molecule has 0 amide bonds. The van der Waals surface area contributed by atoms with E-state index in [0.29, 0.717) is 0 Å². The molecule has 1 aromatic heterocycles. The average molecular weight is 298 g/mol. The van der Waals surface area contributed by atoms with Crippen LogP contribution in [-0.4, -0.2) is 58.0 Å². The van der Waals surface area contributed by atoms with E-state index in [1.165, 1.54) is 0 Å². The maximum absolute atomic E-state index is 11.7. The first-order valence-electron chi connectivity index (χ1n) is 7.88. The summed E-state index contributed by atoms with van der Waals surface area (Å²) in [5.74, 6) is 0. The molecule has 0 radical (unpaired) electrons. The average Bonchev–Trinajstić information content (AvgIpc) is 2.91. The number of benzene rings is 1. The first kappa shape index (κ1) is 12.7. The first-order valence-corrected chi connectivity index (χ1v) is 7.88. The highest BCUT2D eigenvalue weighted by molar-refractivity contribution is 5.76. The van der Waals surface area contributed by atoms with E-state index in [4.69, 9.17) is 4.74 Å². The lowest BCUT2D eigenvalue weighted by Gasteiger charge is -2.76. The Balaban J connectivity index is 1.58. The summed E-state index contributed by atoms with van der Waals surface area (Å²) in [5, 5.41) is 8.65. The van der Waals surface area contributed by atoms with Gasteiger partial charge in [-0.3, -0.25) is 4.90 Å². The lowest BCUT2D eigenvalue weighted by Crippen LogP contribution is -2.82. The van der Waals surface area contributed by atoms with Crippen molar-refractivity contribution in [2.45, 2.75) is 24.4 Å². The predicted molar refractivity (Wildman–Crippen MR) is 79.4 cm³/mol. The fourth-order valence-electron chi connectivity index (χ4n) is 4.85. The fraction of sp³-hybridized carbons (Fsp3) is 0.562. The van der Waals surface area contributed by atoms with E-state index >= 15 is 0 Å². The molecule has 4 fully saturated rings. The van der Waals surface area contributed by atoms with Crippen LogP contribution in [0.25, 0.3) is 11.0 Å². The molecule has 1 atom stereocenters. The summed E-state index contributed by atoms with van der Waals surface area (Å²) in [5.41, 5.74) is 1.75. The largest absolute Gasteiger partial charge is 0.379 e. The third-order valence-electron chi connectivity index (χ3n) is 5.82. The van der Waals surface area contributed by atoms with E-state index in [1.54, 1.807) is 0 Å². The Hall–Kier alpha value is -1.79. The number of hydrogen-bond acceptors (Lipinski definition) is 5. The molecule has 3 aliphatic carbocycles. The normalized spacial score (nSPS) is 37.5. The van der Waals surface area contributed by atoms with Gasteiger partial charge >= 0.3 is 0 Å². The van der Waals surface area contributed by atoms with Crippen molar-refractivity contribution in [3.05, 3.63) is 24.3 Å². The molecule has 2 aromatic rings. The minimum absolute atomic E-state index is 0.0706. The minimum Gasteiger partial charge on any atom is -0.379 e. The zero-order chi connectivity index (χ0) is 14.8. The molecule has 1 saturated heterocycles. The van der Waals surface area contributed by atoms with Gasteiger partial charge in [0.15, 0.2) is 0 Å². The first-order chi connectivity index (χ1) is 10.8. The van der Waals surface area contributed by atoms with Crippen LogP contribution in [0.1, 0.15) is 18.9 Å². The molecule has 6 rings (SSSR count). The summed E-state index contributed by atoms with van der Waals surface area (Å²) in [7, 11) is 0. The number of carbonyl (C=O) groups excluding carboxylic acids is 1. The number of aromatic nitrogens is 3. The van der Waals surface area contributed by atoms with Crippen LogP contribution in [-0.2, 0) is 9.53 Å². The van der Waals surface area contributed by atoms with Crippen LogP contribution in [0.2, 0.25) is 0 Å². The Morgan fingerprint density at radius 3 is 2.77 bits per heavy atom. The number of para-hydroxylation sites is 1. The van der Waals surface area contributed by atoms with Crippen molar-refractivity contribution in [3.63, 3.8) is 0 Å². The predicted octanol–water partition coefficient (Wildman–Crippen LogP) is 1.04. The standard InChI is InChI=1S/C16H18N4O2/c21-11-15-9-16(10-15,19-5-7-22-8-6-19)14(15)20-13-4-2-1-3-12(13)17-18-20/h1-4,11,14H,5-10H2. The van der Waals surface area contributed by atoms with Gasteiger partial charge in [0.05, 0.1) is 30.2 Å². The van der Waals surface area contributed by atoms with Crippen molar-refractivity contribution in [2.24, 2.45) is 5.41 Å². The molecule has 4 aliphatic rings. The van der Waals surface area contributed by atoms with Gasteiger partial charge in [-0.05, 0) is 25.0 Å². The number of ether oxygens (including phenoxy) is 1. The highest BCUT2D eigenvalue weighted by Gasteiger charge is 2.79. The monoisotopic (exact) mass is 298 g/mol. The Labute approximate surface area is 128 Å². The number of rotatable bonds is 3. The SMILES string of the molecule is O=CC12CC(N3CCOCC3)(C1)C2n1nnc2ccccc21. The van der Waals surface area contributed by atoms with Gasteiger partial charge in [0, 0.05) is 18.6 Å². The second kappa shape index (κ2) is 4.14. The summed E-state index contributed by atoms with van der Waals surface area (Å²) >= 11 is 0. The van der Waals surface area contributed by atoms with Crippen molar-refractivity contribution in [2.75, 3.05) is 26.3 Å². The molecule has 0 spiro atoms. The quantitative estimate of drug-likeness (QED) is 0.792. The van der Waals surface area contributed by atoms with Gasteiger partial charge in [-0.1, -0.05) is 17.3 Å². The van der Waals surface area contributed by atoms with Crippen LogP contribution >= 0.6 is 0 Å². The third kappa shape index (κ3) is 1.35. The van der Waals surface area contributed by atoms with Crippen molar-refractivity contribution >= 4 is 17.3 Å². The molecule has 1 aromatic carbocycles. The van der Waals surface area contributed by atoms with E-state index in [-0.39, 0.29) is 17.0 Å². The number of morpholine rings is 1. The fourth-order valence-corrected chi connectivity index (χ4v) is 4.85. The van der Waals surface area contributed by atoms with Crippen molar-refractivity contribution in [3.8, 4) is 0 Å². The Morgan fingerprint density at radius 2 is 2.00 bits per heavy atom. The highest BCUT2D eigenvalue weighted by Crippen LogP contribution is 2.75. The van der Waals surface area contributed by atoms with Crippen LogP contribution in [0.15, 0.2) is 24.3 Å². The lowest BCUT2D eigenvalue weighted by atomic mass is 9.35. The number of hydrogen-bond donors (Lipinski definition) is 0. The highest BCUT2D eigenvalue weighted by atomic mass is 16.5. The van der Waals surface area contributed by atoms with Crippen molar-refractivity contribution in [1.82, 2.24) is 19.9 Å². The summed E-state index contributed by atoms with van der Waals surface area (Å²) in [6, 6.07) is 8.09. The maximum Gasteiger partial charge on any atom is 0.128 e. The Kier molecular flexibility index (Phi) is 2.40. The topological polar surface area (TPSA) is 60.2 Å². The van der Waals surface area contributed by atoms with Gasteiger partial charge in [0.25, 0.3) is 0 Å². The molecule has 1 aliphatic heterocycles. The molecule has 6 heteroatoms. The number of fused-ring (bicyclic) bond motifs is 1. The van der Waals surface area contributed by atoms with Crippen molar-refractivity contribution < 1.29 is 9.53 Å². The Bertz CT molecular complexity index is 743. The zero-order valence-electron chi connectivity index (χ0n) is 12.3. The maximum atomic E-state index is 11.7. The van der Waals surface area contributed by atoms with E-state index in [1.807, 2.05) is 28.9 Å². The lowest BCUT2D eigenvalue weighted by molar-refractivity contribution is -0.263. The second-order valence-corrected chi connectivity index (χ2v) is 6.83. The minimum atomic E-state index is -0.241. The zero-order valence-corrected chi connectivity index (χ0v) is 12.3. The summed E-state index contributed by atoms with van der Waals surface area (Å²) in [6.07, 6.45) is 3.04. The van der Waals surface area contributed by atoms with E-state index < -0.39 is 0 Å². The molecule has 114 valence electrons. The molecular formula is C16H18N4O2. The van der Waals surface area contributed by atoms with Gasteiger partial charge in [0.2, 0.25) is 0 Å². The van der Waals surface area contributed by atoms with Gasteiger partial charge in [-0.2, -0.15) is 0 Å². The molecule has 1 unspecified atom stereocenters. The molecule has 0 N–H and O–H groups in total. The number of nitrogens with zero attached hydrogens (tertiary/aromatic N) is 4. The summed E-state index contributed by atoms with van der Waals surface area (Å²) in [4.78, 5) is 14.2. The number of carbonyl (C=O) groups is 1. The van der Waals surface area contributed by atoms with Crippen LogP contribution in [0, 0.1) is 5.41 Å². The second-order valence-electron chi connectivity index (χ2n) is 6.83. The van der Waals surface area contributed by atoms with E-state index in [9.17, 15) is 4.79 Å². The van der Waals surface area contributed by atoms with Crippen molar-refractivity contribution in [1.29, 1.82) is 0 Å². The molecular weight excluding hydrogens is 280 g/mol.